The summed E-state index contributed by atoms with van der Waals surface area (Å²) in [5, 5.41) is 0. The van der Waals surface area contributed by atoms with Crippen LogP contribution in [0, 0.1) is 0 Å². The Hall–Kier alpha value is -2.75. The molecule has 0 bridgehead atoms. The van der Waals surface area contributed by atoms with Crippen LogP contribution in [0.1, 0.15) is 22.8 Å². The van der Waals surface area contributed by atoms with Gasteiger partial charge in [0.25, 0.3) is 5.91 Å². The van der Waals surface area contributed by atoms with Gasteiger partial charge in [-0.15, -0.1) is 0 Å². The highest BCUT2D eigenvalue weighted by atomic mass is 32.2. The highest BCUT2D eigenvalue weighted by Gasteiger charge is 2.28. The van der Waals surface area contributed by atoms with E-state index in [0.717, 1.165) is 5.56 Å². The lowest BCUT2D eigenvalue weighted by Gasteiger charge is -2.26. The van der Waals surface area contributed by atoms with E-state index in [0.29, 0.717) is 19.8 Å². The highest BCUT2D eigenvalue weighted by molar-refractivity contribution is 7.89. The smallest absolute Gasteiger partial charge is 0.338 e. The molecule has 1 aliphatic heterocycles. The summed E-state index contributed by atoms with van der Waals surface area (Å²) >= 11 is 0. The molecule has 0 aliphatic carbocycles. The Morgan fingerprint density at radius 2 is 1.77 bits per heavy atom. The van der Waals surface area contributed by atoms with Crippen LogP contribution in [0.25, 0.3) is 0 Å². The Labute approximate surface area is 182 Å². The van der Waals surface area contributed by atoms with Gasteiger partial charge in [-0.1, -0.05) is 36.4 Å². The third-order valence-electron chi connectivity index (χ3n) is 4.95. The zero-order valence-electron chi connectivity index (χ0n) is 17.6. The van der Waals surface area contributed by atoms with Crippen molar-refractivity contribution in [3.8, 4) is 0 Å². The SMILES string of the molecule is C[C@@H](OC(=O)c1cccc(S(=O)(=O)N2CCOCC2)c1)C(=O)N(C)Cc1ccccc1. The Kier molecular flexibility index (Phi) is 7.42. The number of rotatable bonds is 7. The van der Waals surface area contributed by atoms with Gasteiger partial charge in [0.2, 0.25) is 10.0 Å². The topological polar surface area (TPSA) is 93.2 Å². The van der Waals surface area contributed by atoms with Crippen molar-refractivity contribution in [1.82, 2.24) is 9.21 Å². The Morgan fingerprint density at radius 1 is 1.10 bits per heavy atom. The van der Waals surface area contributed by atoms with Gasteiger partial charge in [-0.2, -0.15) is 4.31 Å². The molecular weight excluding hydrogens is 420 g/mol. The van der Waals surface area contributed by atoms with Gasteiger partial charge >= 0.3 is 5.97 Å². The third kappa shape index (κ3) is 5.69. The molecule has 0 aromatic heterocycles. The van der Waals surface area contributed by atoms with Crippen molar-refractivity contribution in [3.63, 3.8) is 0 Å². The van der Waals surface area contributed by atoms with Gasteiger partial charge in [0.1, 0.15) is 0 Å². The monoisotopic (exact) mass is 446 g/mol. The standard InChI is InChI=1S/C22H26N2O6S/c1-17(21(25)23(2)16-18-7-4-3-5-8-18)30-22(26)19-9-6-10-20(15-19)31(27,28)24-11-13-29-14-12-24/h3-10,15,17H,11-14,16H2,1-2H3/t17-/m1/s1. The second kappa shape index (κ2) is 10.0. The summed E-state index contributed by atoms with van der Waals surface area (Å²) in [5.41, 5.74) is 1.03. The van der Waals surface area contributed by atoms with Crippen molar-refractivity contribution >= 4 is 21.9 Å². The van der Waals surface area contributed by atoms with E-state index in [4.69, 9.17) is 9.47 Å². The second-order valence-electron chi connectivity index (χ2n) is 7.27. The molecule has 1 heterocycles. The normalized spacial score (nSPS) is 15.8. The summed E-state index contributed by atoms with van der Waals surface area (Å²) in [6.07, 6.45) is -1.01. The molecule has 2 aromatic carbocycles. The third-order valence-corrected chi connectivity index (χ3v) is 6.84. The highest BCUT2D eigenvalue weighted by Crippen LogP contribution is 2.19. The molecule has 0 N–H and O–H groups in total. The second-order valence-corrected chi connectivity index (χ2v) is 9.21. The lowest BCUT2D eigenvalue weighted by atomic mass is 10.2. The molecule has 1 atom stereocenters. The van der Waals surface area contributed by atoms with Gasteiger partial charge in [-0.3, -0.25) is 4.79 Å². The van der Waals surface area contributed by atoms with Gasteiger partial charge in [-0.25, -0.2) is 13.2 Å². The maximum Gasteiger partial charge on any atom is 0.338 e. The number of carbonyl (C=O) groups is 2. The maximum absolute atomic E-state index is 12.8. The van der Waals surface area contributed by atoms with E-state index in [1.54, 1.807) is 7.05 Å². The van der Waals surface area contributed by atoms with Crippen molar-refractivity contribution in [1.29, 1.82) is 0 Å². The van der Waals surface area contributed by atoms with Crippen molar-refractivity contribution in [2.45, 2.75) is 24.5 Å². The van der Waals surface area contributed by atoms with Crippen LogP contribution in [-0.2, 0) is 30.8 Å². The van der Waals surface area contributed by atoms with E-state index in [2.05, 4.69) is 0 Å². The number of hydrogen-bond acceptors (Lipinski definition) is 6. The molecule has 8 nitrogen and oxygen atoms in total. The molecule has 31 heavy (non-hydrogen) atoms. The first-order chi connectivity index (χ1) is 14.8. The molecule has 0 spiro atoms. The first-order valence-electron chi connectivity index (χ1n) is 9.97. The zero-order valence-corrected chi connectivity index (χ0v) is 18.4. The number of nitrogens with zero attached hydrogens (tertiary/aromatic N) is 2. The van der Waals surface area contributed by atoms with Crippen molar-refractivity contribution in [3.05, 3.63) is 65.7 Å². The van der Waals surface area contributed by atoms with E-state index in [9.17, 15) is 18.0 Å². The van der Waals surface area contributed by atoms with Crippen LogP contribution in [0.15, 0.2) is 59.5 Å². The van der Waals surface area contributed by atoms with Gasteiger partial charge in [-0.05, 0) is 30.7 Å². The molecule has 166 valence electrons. The van der Waals surface area contributed by atoms with E-state index in [1.165, 1.54) is 40.4 Å². The molecule has 1 amide bonds. The van der Waals surface area contributed by atoms with E-state index < -0.39 is 22.1 Å². The first-order valence-corrected chi connectivity index (χ1v) is 11.4. The van der Waals surface area contributed by atoms with E-state index >= 15 is 0 Å². The molecule has 1 aliphatic rings. The summed E-state index contributed by atoms with van der Waals surface area (Å²) in [6.45, 7) is 3.06. The van der Waals surface area contributed by atoms with Gasteiger partial charge in [0, 0.05) is 26.7 Å². The first kappa shape index (κ1) is 22.9. The van der Waals surface area contributed by atoms with Crippen molar-refractivity contribution < 1.29 is 27.5 Å². The molecule has 0 saturated carbocycles. The number of ether oxygens (including phenoxy) is 2. The molecule has 2 aromatic rings. The fraction of sp³-hybridized carbons (Fsp3) is 0.364. The van der Waals surface area contributed by atoms with Gasteiger partial charge in [0.15, 0.2) is 6.10 Å². The number of sulfonamides is 1. The summed E-state index contributed by atoms with van der Waals surface area (Å²) < 4.78 is 37.5. The van der Waals surface area contributed by atoms with Crippen LogP contribution in [0.4, 0.5) is 0 Å². The molecule has 1 saturated heterocycles. The van der Waals surface area contributed by atoms with E-state index in [-0.39, 0.29) is 29.5 Å². The fourth-order valence-corrected chi connectivity index (χ4v) is 4.70. The fourth-order valence-electron chi connectivity index (χ4n) is 3.24. The number of amides is 1. The summed E-state index contributed by atoms with van der Waals surface area (Å²) in [7, 11) is -2.11. The Bertz CT molecular complexity index is 1020. The minimum absolute atomic E-state index is 0.00373. The molecule has 1 fully saturated rings. The van der Waals surface area contributed by atoms with Crippen LogP contribution >= 0.6 is 0 Å². The van der Waals surface area contributed by atoms with Crippen molar-refractivity contribution in [2.24, 2.45) is 0 Å². The molecule has 3 rings (SSSR count). The number of benzene rings is 2. The van der Waals surface area contributed by atoms with Crippen LogP contribution < -0.4 is 0 Å². The molecule has 0 radical (unpaired) electrons. The number of likely N-dealkylation sites (N-methyl/N-ethyl adjacent to an activating group) is 1. The summed E-state index contributed by atoms with van der Waals surface area (Å²) in [6, 6.07) is 15.1. The predicted molar refractivity (Wildman–Crippen MR) is 114 cm³/mol. The summed E-state index contributed by atoms with van der Waals surface area (Å²) in [5.74, 6) is -1.11. The zero-order chi connectivity index (χ0) is 22.4. The number of hydrogen-bond donors (Lipinski definition) is 0. The number of morpholine rings is 1. The van der Waals surface area contributed by atoms with Crippen LogP contribution in [0.5, 0.6) is 0 Å². The average Bonchev–Trinajstić information content (AvgIpc) is 2.79. The number of carbonyl (C=O) groups excluding carboxylic acids is 2. The Balaban J connectivity index is 1.66. The van der Waals surface area contributed by atoms with E-state index in [1.807, 2.05) is 30.3 Å². The van der Waals surface area contributed by atoms with Crippen LogP contribution in [0.2, 0.25) is 0 Å². The molecule has 9 heteroatoms. The Morgan fingerprint density at radius 3 is 2.45 bits per heavy atom. The lowest BCUT2D eigenvalue weighted by Crippen LogP contribution is -2.40. The minimum Gasteiger partial charge on any atom is -0.449 e. The maximum atomic E-state index is 12.8. The quantitative estimate of drug-likeness (QED) is 0.603. The molecular formula is C22H26N2O6S. The molecule has 0 unspecified atom stereocenters. The van der Waals surface area contributed by atoms with Crippen LogP contribution in [-0.4, -0.2) is 69.0 Å². The minimum atomic E-state index is -3.74. The van der Waals surface area contributed by atoms with Crippen molar-refractivity contribution in [2.75, 3.05) is 33.4 Å². The number of esters is 1. The summed E-state index contributed by atoms with van der Waals surface area (Å²) in [4.78, 5) is 26.6. The van der Waals surface area contributed by atoms with Gasteiger partial charge in [0.05, 0.1) is 23.7 Å². The average molecular weight is 447 g/mol. The largest absolute Gasteiger partial charge is 0.449 e. The predicted octanol–water partition coefficient (Wildman–Crippen LogP) is 1.91. The van der Waals surface area contributed by atoms with Crippen LogP contribution in [0.3, 0.4) is 0 Å². The van der Waals surface area contributed by atoms with Gasteiger partial charge < -0.3 is 14.4 Å². The lowest BCUT2D eigenvalue weighted by molar-refractivity contribution is -0.139.